The van der Waals surface area contributed by atoms with Crippen LogP contribution in [0, 0.1) is 5.92 Å². The molecule has 3 atom stereocenters. The van der Waals surface area contributed by atoms with Crippen molar-refractivity contribution in [1.82, 2.24) is 10.3 Å². The summed E-state index contributed by atoms with van der Waals surface area (Å²) in [6, 6.07) is 2.60. The van der Waals surface area contributed by atoms with Crippen molar-refractivity contribution in [3.8, 4) is 5.75 Å². The predicted molar refractivity (Wildman–Crippen MR) is 74.9 cm³/mol. The number of aromatic nitrogens is 1. The van der Waals surface area contributed by atoms with Crippen molar-refractivity contribution in [2.45, 2.75) is 24.8 Å². The first-order valence-corrected chi connectivity index (χ1v) is 7.36. The molecular weight excluding hydrogens is 256 g/mol. The summed E-state index contributed by atoms with van der Waals surface area (Å²) >= 11 is 0. The highest BCUT2D eigenvalue weighted by atomic mass is 16.5. The molecule has 1 saturated heterocycles. The van der Waals surface area contributed by atoms with E-state index in [4.69, 9.17) is 14.6 Å². The normalized spacial score (nSPS) is 27.9. The number of pyridine rings is 1. The summed E-state index contributed by atoms with van der Waals surface area (Å²) in [4.78, 5) is 4.27. The van der Waals surface area contributed by atoms with Crippen LogP contribution in [0.1, 0.15) is 24.3 Å². The maximum Gasteiger partial charge on any atom is 0.137 e. The van der Waals surface area contributed by atoms with Gasteiger partial charge in [0.15, 0.2) is 0 Å². The average molecular weight is 278 g/mol. The zero-order chi connectivity index (χ0) is 13.8. The Balaban J connectivity index is 1.47. The third kappa shape index (κ3) is 3.48. The van der Waals surface area contributed by atoms with Crippen molar-refractivity contribution in [2.24, 2.45) is 5.92 Å². The summed E-state index contributed by atoms with van der Waals surface area (Å²) in [5.41, 5.74) is 1.24. The van der Waals surface area contributed by atoms with E-state index in [0.29, 0.717) is 24.5 Å². The molecule has 1 aromatic heterocycles. The van der Waals surface area contributed by atoms with Crippen LogP contribution in [-0.2, 0) is 4.74 Å². The SMILES string of the molecule is OCCOC[C@@H]1C[C@@H]1c1cncc(OC[C@@H]2CCN2)c1. The standard InChI is InChI=1S/C15H22N2O3/c18-3-4-19-9-12-6-15(12)11-5-14(8-16-7-11)20-10-13-1-2-17-13/h5,7-8,12-13,15,17-18H,1-4,6,9-10H2/t12-,13-,15+/m0/s1. The van der Waals surface area contributed by atoms with Gasteiger partial charge in [0.1, 0.15) is 12.4 Å². The Labute approximate surface area is 119 Å². The second-order valence-corrected chi connectivity index (χ2v) is 5.61. The molecule has 2 N–H and O–H groups in total. The maximum atomic E-state index is 8.69. The second-order valence-electron chi connectivity index (χ2n) is 5.61. The van der Waals surface area contributed by atoms with E-state index in [-0.39, 0.29) is 6.61 Å². The Morgan fingerprint density at radius 2 is 2.25 bits per heavy atom. The lowest BCUT2D eigenvalue weighted by atomic mass is 10.1. The monoisotopic (exact) mass is 278 g/mol. The Morgan fingerprint density at radius 1 is 1.35 bits per heavy atom. The lowest BCUT2D eigenvalue weighted by Crippen LogP contribution is -2.46. The molecule has 20 heavy (non-hydrogen) atoms. The minimum absolute atomic E-state index is 0.0947. The summed E-state index contributed by atoms with van der Waals surface area (Å²) in [6.45, 7) is 3.07. The second kappa shape index (κ2) is 6.52. The Morgan fingerprint density at radius 3 is 3.00 bits per heavy atom. The van der Waals surface area contributed by atoms with Gasteiger partial charge in [-0.05, 0) is 42.9 Å². The molecule has 2 aliphatic rings. The molecule has 1 aromatic rings. The van der Waals surface area contributed by atoms with E-state index in [1.54, 1.807) is 6.20 Å². The number of nitrogens with one attached hydrogen (secondary N) is 1. The van der Waals surface area contributed by atoms with Crippen LogP contribution in [0.15, 0.2) is 18.5 Å². The van der Waals surface area contributed by atoms with Crippen molar-refractivity contribution in [1.29, 1.82) is 0 Å². The summed E-state index contributed by atoms with van der Waals surface area (Å²) in [6.07, 6.45) is 6.04. The van der Waals surface area contributed by atoms with Gasteiger partial charge in [-0.15, -0.1) is 0 Å². The van der Waals surface area contributed by atoms with Crippen LogP contribution < -0.4 is 10.1 Å². The molecule has 2 fully saturated rings. The molecule has 0 spiro atoms. The van der Waals surface area contributed by atoms with Gasteiger partial charge in [-0.25, -0.2) is 0 Å². The van der Waals surface area contributed by atoms with Crippen molar-refractivity contribution in [3.63, 3.8) is 0 Å². The first kappa shape index (κ1) is 13.8. The van der Waals surface area contributed by atoms with Crippen LogP contribution in [0.3, 0.4) is 0 Å². The van der Waals surface area contributed by atoms with Gasteiger partial charge in [-0.3, -0.25) is 4.98 Å². The van der Waals surface area contributed by atoms with Gasteiger partial charge in [0, 0.05) is 12.2 Å². The van der Waals surface area contributed by atoms with E-state index >= 15 is 0 Å². The van der Waals surface area contributed by atoms with Crippen LogP contribution in [0.2, 0.25) is 0 Å². The van der Waals surface area contributed by atoms with E-state index in [1.165, 1.54) is 12.0 Å². The van der Waals surface area contributed by atoms with Crippen LogP contribution in [-0.4, -0.2) is 49.1 Å². The van der Waals surface area contributed by atoms with E-state index in [1.807, 2.05) is 6.20 Å². The number of rotatable bonds is 8. The lowest BCUT2D eigenvalue weighted by molar-refractivity contribution is 0.0845. The van der Waals surface area contributed by atoms with Crippen molar-refractivity contribution in [2.75, 3.05) is 33.0 Å². The number of nitrogens with zero attached hydrogens (tertiary/aromatic N) is 1. The Hall–Kier alpha value is -1.17. The number of ether oxygens (including phenoxy) is 2. The highest BCUT2D eigenvalue weighted by molar-refractivity contribution is 5.30. The van der Waals surface area contributed by atoms with E-state index in [2.05, 4.69) is 16.4 Å². The van der Waals surface area contributed by atoms with Crippen molar-refractivity contribution < 1.29 is 14.6 Å². The van der Waals surface area contributed by atoms with E-state index in [9.17, 15) is 0 Å². The molecule has 3 rings (SSSR count). The van der Waals surface area contributed by atoms with Gasteiger partial charge in [-0.2, -0.15) is 0 Å². The minimum Gasteiger partial charge on any atom is -0.490 e. The van der Waals surface area contributed by atoms with Gasteiger partial charge in [0.2, 0.25) is 0 Å². The molecule has 0 radical (unpaired) electrons. The third-order valence-corrected chi connectivity index (χ3v) is 4.03. The molecule has 5 heteroatoms. The average Bonchev–Trinajstić information content (AvgIpc) is 3.17. The van der Waals surface area contributed by atoms with Crippen LogP contribution in [0.4, 0.5) is 0 Å². The van der Waals surface area contributed by atoms with E-state index < -0.39 is 0 Å². The van der Waals surface area contributed by atoms with Gasteiger partial charge < -0.3 is 19.9 Å². The number of hydrogen-bond acceptors (Lipinski definition) is 5. The van der Waals surface area contributed by atoms with Gasteiger partial charge >= 0.3 is 0 Å². The fourth-order valence-electron chi connectivity index (χ4n) is 2.54. The molecule has 1 aliphatic carbocycles. The van der Waals surface area contributed by atoms with Crippen molar-refractivity contribution >= 4 is 0 Å². The molecule has 5 nitrogen and oxygen atoms in total. The maximum absolute atomic E-state index is 8.69. The van der Waals surface area contributed by atoms with E-state index in [0.717, 1.165) is 31.9 Å². The molecule has 0 unspecified atom stereocenters. The summed E-state index contributed by atoms with van der Waals surface area (Å²) < 4.78 is 11.2. The van der Waals surface area contributed by atoms with Crippen molar-refractivity contribution in [3.05, 3.63) is 24.0 Å². The fourth-order valence-corrected chi connectivity index (χ4v) is 2.54. The highest BCUT2D eigenvalue weighted by Gasteiger charge is 2.38. The van der Waals surface area contributed by atoms with Gasteiger partial charge in [0.25, 0.3) is 0 Å². The summed E-state index contributed by atoms with van der Waals surface area (Å²) in [5, 5.41) is 12.0. The summed E-state index contributed by atoms with van der Waals surface area (Å²) in [5.74, 6) is 1.96. The highest BCUT2D eigenvalue weighted by Crippen LogP contribution is 2.47. The molecule has 2 heterocycles. The zero-order valence-electron chi connectivity index (χ0n) is 11.6. The Kier molecular flexibility index (Phi) is 4.50. The zero-order valence-corrected chi connectivity index (χ0v) is 11.6. The summed E-state index contributed by atoms with van der Waals surface area (Å²) in [7, 11) is 0. The molecule has 0 bridgehead atoms. The third-order valence-electron chi connectivity index (χ3n) is 4.03. The number of hydrogen-bond donors (Lipinski definition) is 2. The largest absolute Gasteiger partial charge is 0.490 e. The predicted octanol–water partition coefficient (Wildman–Crippen LogP) is 0.935. The van der Waals surface area contributed by atoms with Gasteiger partial charge in [-0.1, -0.05) is 0 Å². The first-order valence-electron chi connectivity index (χ1n) is 7.36. The van der Waals surface area contributed by atoms with Crippen LogP contribution in [0.5, 0.6) is 5.75 Å². The van der Waals surface area contributed by atoms with Crippen LogP contribution in [0.25, 0.3) is 0 Å². The first-order chi connectivity index (χ1) is 9.86. The molecule has 0 aromatic carbocycles. The molecule has 1 saturated carbocycles. The lowest BCUT2D eigenvalue weighted by Gasteiger charge is -2.27. The number of aliphatic hydroxyl groups is 1. The smallest absolute Gasteiger partial charge is 0.137 e. The quantitative estimate of drug-likeness (QED) is 0.693. The minimum atomic E-state index is 0.0947. The number of aliphatic hydroxyl groups excluding tert-OH is 1. The molecule has 0 amide bonds. The Bertz CT molecular complexity index is 437. The molecular formula is C15H22N2O3. The van der Waals surface area contributed by atoms with Gasteiger partial charge in [0.05, 0.1) is 26.0 Å². The molecule has 110 valence electrons. The topological polar surface area (TPSA) is 63.6 Å². The molecule has 1 aliphatic heterocycles. The van der Waals surface area contributed by atoms with Crippen LogP contribution >= 0.6 is 0 Å². The fraction of sp³-hybridized carbons (Fsp3) is 0.667.